The predicted molar refractivity (Wildman–Crippen MR) is 49.2 cm³/mol. The molecule has 0 bridgehead atoms. The maximum atomic E-state index is 11.1. The monoisotopic (exact) mass is 185 g/mol. The number of allylic oxidation sites excluding steroid dienone is 2. The SMILES string of the molecule is CC=C(C=O)NC(=O)OC(C)(C)C. The smallest absolute Gasteiger partial charge is 0.412 e. The zero-order valence-corrected chi connectivity index (χ0v) is 8.38. The van der Waals surface area contributed by atoms with Crippen LogP contribution in [0.4, 0.5) is 4.79 Å². The highest BCUT2D eigenvalue weighted by Gasteiger charge is 2.16. The molecule has 0 aromatic carbocycles. The number of hydrogen-bond acceptors (Lipinski definition) is 3. The van der Waals surface area contributed by atoms with Crippen molar-refractivity contribution in [3.8, 4) is 0 Å². The molecule has 0 aromatic heterocycles. The Morgan fingerprint density at radius 2 is 1.92 bits per heavy atom. The molecule has 0 rings (SSSR count). The molecule has 1 amide bonds. The average molecular weight is 185 g/mol. The van der Waals surface area contributed by atoms with Crippen LogP contribution in [0.3, 0.4) is 0 Å². The summed E-state index contributed by atoms with van der Waals surface area (Å²) in [5.74, 6) is 0. The zero-order valence-electron chi connectivity index (χ0n) is 8.38. The molecule has 0 aliphatic rings. The molecule has 0 spiro atoms. The molecule has 1 N–H and O–H groups in total. The normalized spacial score (nSPS) is 12.2. The van der Waals surface area contributed by atoms with Crippen LogP contribution in [-0.4, -0.2) is 18.0 Å². The van der Waals surface area contributed by atoms with Gasteiger partial charge in [-0.05, 0) is 27.7 Å². The first-order chi connectivity index (χ1) is 5.89. The molecule has 0 aliphatic carbocycles. The van der Waals surface area contributed by atoms with Crippen LogP contribution in [0.1, 0.15) is 27.7 Å². The van der Waals surface area contributed by atoms with Crippen molar-refractivity contribution in [2.75, 3.05) is 0 Å². The number of hydrogen-bond donors (Lipinski definition) is 1. The van der Waals surface area contributed by atoms with Gasteiger partial charge in [0.15, 0.2) is 6.29 Å². The van der Waals surface area contributed by atoms with Crippen LogP contribution in [0.2, 0.25) is 0 Å². The Bertz CT molecular complexity index is 226. The number of ether oxygens (including phenoxy) is 1. The van der Waals surface area contributed by atoms with Crippen molar-refractivity contribution in [1.82, 2.24) is 5.32 Å². The predicted octanol–water partition coefficient (Wildman–Crippen LogP) is 1.61. The molecular formula is C9H15NO3. The molecule has 0 saturated carbocycles. The summed E-state index contributed by atoms with van der Waals surface area (Å²) in [6.45, 7) is 6.91. The first-order valence-corrected chi connectivity index (χ1v) is 4.00. The average Bonchev–Trinajstić information content (AvgIpc) is 1.96. The first kappa shape index (κ1) is 11.7. The van der Waals surface area contributed by atoms with Crippen molar-refractivity contribution >= 4 is 12.4 Å². The van der Waals surface area contributed by atoms with Crippen LogP contribution < -0.4 is 5.32 Å². The van der Waals surface area contributed by atoms with E-state index in [-0.39, 0.29) is 5.70 Å². The lowest BCUT2D eigenvalue weighted by molar-refractivity contribution is -0.105. The van der Waals surface area contributed by atoms with Gasteiger partial charge in [-0.2, -0.15) is 0 Å². The van der Waals surface area contributed by atoms with E-state index >= 15 is 0 Å². The summed E-state index contributed by atoms with van der Waals surface area (Å²) in [4.78, 5) is 21.4. The van der Waals surface area contributed by atoms with E-state index in [9.17, 15) is 9.59 Å². The molecule has 0 saturated heterocycles. The highest BCUT2D eigenvalue weighted by atomic mass is 16.6. The third-order valence-electron chi connectivity index (χ3n) is 1.08. The van der Waals surface area contributed by atoms with Gasteiger partial charge in [-0.15, -0.1) is 0 Å². The van der Waals surface area contributed by atoms with E-state index in [1.165, 1.54) is 6.08 Å². The molecule has 13 heavy (non-hydrogen) atoms. The van der Waals surface area contributed by atoms with E-state index in [1.807, 2.05) is 0 Å². The minimum Gasteiger partial charge on any atom is -0.444 e. The topological polar surface area (TPSA) is 55.4 Å². The lowest BCUT2D eigenvalue weighted by Gasteiger charge is -2.19. The first-order valence-electron chi connectivity index (χ1n) is 4.00. The summed E-state index contributed by atoms with van der Waals surface area (Å²) in [6, 6.07) is 0. The molecule has 0 heterocycles. The van der Waals surface area contributed by atoms with E-state index in [2.05, 4.69) is 5.32 Å². The summed E-state index contributed by atoms with van der Waals surface area (Å²) in [5.41, 5.74) is -0.347. The summed E-state index contributed by atoms with van der Waals surface area (Å²) >= 11 is 0. The van der Waals surface area contributed by atoms with Gasteiger partial charge in [0, 0.05) is 0 Å². The van der Waals surface area contributed by atoms with Gasteiger partial charge in [0.05, 0.1) is 5.70 Å². The van der Waals surface area contributed by atoms with E-state index < -0.39 is 11.7 Å². The quantitative estimate of drug-likeness (QED) is 0.525. The lowest BCUT2D eigenvalue weighted by Crippen LogP contribution is -2.32. The minimum atomic E-state index is -0.618. The van der Waals surface area contributed by atoms with Gasteiger partial charge in [-0.1, -0.05) is 6.08 Å². The Hall–Kier alpha value is -1.32. The Morgan fingerprint density at radius 1 is 1.38 bits per heavy atom. The van der Waals surface area contributed by atoms with Crippen molar-refractivity contribution in [2.45, 2.75) is 33.3 Å². The number of rotatable bonds is 2. The molecule has 74 valence electrons. The molecule has 0 unspecified atom stereocenters. The van der Waals surface area contributed by atoms with Crippen LogP contribution in [0.15, 0.2) is 11.8 Å². The molecule has 0 atom stereocenters. The fraction of sp³-hybridized carbons (Fsp3) is 0.556. The van der Waals surface area contributed by atoms with E-state index in [4.69, 9.17) is 4.74 Å². The maximum absolute atomic E-state index is 11.1. The maximum Gasteiger partial charge on any atom is 0.412 e. The number of nitrogens with one attached hydrogen (secondary N) is 1. The third-order valence-corrected chi connectivity index (χ3v) is 1.08. The second-order valence-electron chi connectivity index (χ2n) is 3.49. The van der Waals surface area contributed by atoms with Crippen molar-refractivity contribution in [3.05, 3.63) is 11.8 Å². The second-order valence-corrected chi connectivity index (χ2v) is 3.49. The zero-order chi connectivity index (χ0) is 10.5. The summed E-state index contributed by atoms with van der Waals surface area (Å²) in [5, 5.41) is 2.30. The van der Waals surface area contributed by atoms with Gasteiger partial charge >= 0.3 is 6.09 Å². The highest BCUT2D eigenvalue weighted by Crippen LogP contribution is 2.06. The lowest BCUT2D eigenvalue weighted by atomic mass is 10.2. The Kier molecular flexibility index (Phi) is 4.17. The fourth-order valence-electron chi connectivity index (χ4n) is 0.591. The van der Waals surface area contributed by atoms with Crippen LogP contribution in [0, 0.1) is 0 Å². The number of carbonyl (C=O) groups excluding carboxylic acids is 2. The van der Waals surface area contributed by atoms with Crippen molar-refractivity contribution in [2.24, 2.45) is 0 Å². The number of carbonyl (C=O) groups is 2. The molecule has 0 fully saturated rings. The van der Waals surface area contributed by atoms with Gasteiger partial charge in [0.25, 0.3) is 0 Å². The third kappa shape index (κ3) is 5.90. The van der Waals surface area contributed by atoms with Gasteiger partial charge in [-0.3, -0.25) is 10.1 Å². The van der Waals surface area contributed by atoms with Gasteiger partial charge in [-0.25, -0.2) is 4.79 Å². The summed E-state index contributed by atoms with van der Waals surface area (Å²) < 4.78 is 4.92. The summed E-state index contributed by atoms with van der Waals surface area (Å²) in [7, 11) is 0. The van der Waals surface area contributed by atoms with E-state index in [0.29, 0.717) is 6.29 Å². The fourth-order valence-corrected chi connectivity index (χ4v) is 0.591. The highest BCUT2D eigenvalue weighted by molar-refractivity contribution is 5.81. The Labute approximate surface area is 78.0 Å². The van der Waals surface area contributed by atoms with Crippen molar-refractivity contribution in [3.63, 3.8) is 0 Å². The molecule has 4 heteroatoms. The molecular weight excluding hydrogens is 170 g/mol. The van der Waals surface area contributed by atoms with Gasteiger partial charge in [0.1, 0.15) is 5.60 Å². The Morgan fingerprint density at radius 3 is 2.23 bits per heavy atom. The van der Waals surface area contributed by atoms with Gasteiger partial charge in [0.2, 0.25) is 0 Å². The molecule has 0 aliphatic heterocycles. The van der Waals surface area contributed by atoms with Crippen molar-refractivity contribution in [1.29, 1.82) is 0 Å². The van der Waals surface area contributed by atoms with Gasteiger partial charge < -0.3 is 4.74 Å². The van der Waals surface area contributed by atoms with E-state index in [0.717, 1.165) is 0 Å². The van der Waals surface area contributed by atoms with Crippen LogP contribution in [0.5, 0.6) is 0 Å². The molecule has 4 nitrogen and oxygen atoms in total. The number of amides is 1. The minimum absolute atomic E-state index is 0.203. The molecule has 0 aromatic rings. The standard InChI is InChI=1S/C9H15NO3/c1-5-7(6-11)10-8(12)13-9(2,3)4/h5-6H,1-4H3,(H,10,12). The second kappa shape index (κ2) is 4.64. The Balaban J connectivity index is 4.09. The van der Waals surface area contributed by atoms with Crippen LogP contribution in [-0.2, 0) is 9.53 Å². The number of alkyl carbamates (subject to hydrolysis) is 1. The van der Waals surface area contributed by atoms with Crippen molar-refractivity contribution < 1.29 is 14.3 Å². The van der Waals surface area contributed by atoms with E-state index in [1.54, 1.807) is 27.7 Å². The summed E-state index contributed by atoms with van der Waals surface area (Å²) in [6.07, 6.45) is 1.44. The number of aldehydes is 1. The molecule has 0 radical (unpaired) electrons. The largest absolute Gasteiger partial charge is 0.444 e. The van der Waals surface area contributed by atoms with Crippen LogP contribution in [0.25, 0.3) is 0 Å². The van der Waals surface area contributed by atoms with Crippen LogP contribution >= 0.6 is 0 Å².